The summed E-state index contributed by atoms with van der Waals surface area (Å²) >= 11 is 0. The molecule has 0 aromatic heterocycles. The number of hydrogen-bond donors (Lipinski definition) is 1. The minimum Gasteiger partial charge on any atom is -0.485 e. The van der Waals surface area contributed by atoms with Crippen LogP contribution in [0.4, 0.5) is 11.4 Å². The van der Waals surface area contributed by atoms with Crippen molar-refractivity contribution in [2.45, 2.75) is 13.0 Å². The Morgan fingerprint density at radius 2 is 2.00 bits per heavy atom. The molecule has 0 bridgehead atoms. The molecule has 0 unspecified atom stereocenters. The van der Waals surface area contributed by atoms with Crippen molar-refractivity contribution in [3.63, 3.8) is 0 Å². The monoisotopic (exact) mass is 314 g/mol. The van der Waals surface area contributed by atoms with Crippen molar-refractivity contribution >= 4 is 17.3 Å². The Bertz CT molecular complexity index is 775. The van der Waals surface area contributed by atoms with Gasteiger partial charge in [-0.15, -0.1) is 0 Å². The molecule has 1 N–H and O–H groups in total. The van der Waals surface area contributed by atoms with Crippen LogP contribution >= 0.6 is 0 Å². The van der Waals surface area contributed by atoms with Crippen LogP contribution in [-0.2, 0) is 4.79 Å². The SMILES string of the molecule is Cc1ccc([N+](=O)[O-])cc1NC(=O)[C@H]1COc2ccccc2O1. The zero-order chi connectivity index (χ0) is 16.4. The molecule has 1 atom stereocenters. The lowest BCUT2D eigenvalue weighted by molar-refractivity contribution is -0.384. The van der Waals surface area contributed by atoms with E-state index in [0.29, 0.717) is 17.2 Å². The van der Waals surface area contributed by atoms with Gasteiger partial charge in [-0.3, -0.25) is 14.9 Å². The predicted molar refractivity (Wildman–Crippen MR) is 82.8 cm³/mol. The molecule has 1 heterocycles. The summed E-state index contributed by atoms with van der Waals surface area (Å²) in [6, 6.07) is 11.4. The fourth-order valence-corrected chi connectivity index (χ4v) is 2.22. The number of aryl methyl sites for hydroxylation is 1. The van der Waals surface area contributed by atoms with Crippen LogP contribution in [0.1, 0.15) is 5.56 Å². The van der Waals surface area contributed by atoms with E-state index in [0.717, 1.165) is 5.56 Å². The molecule has 1 amide bonds. The van der Waals surface area contributed by atoms with Crippen LogP contribution in [0.15, 0.2) is 42.5 Å². The maximum absolute atomic E-state index is 12.3. The van der Waals surface area contributed by atoms with Crippen LogP contribution in [0.25, 0.3) is 0 Å². The van der Waals surface area contributed by atoms with E-state index in [2.05, 4.69) is 5.32 Å². The van der Waals surface area contributed by atoms with E-state index in [-0.39, 0.29) is 12.3 Å². The number of carbonyl (C=O) groups excluding carboxylic acids is 1. The first-order valence-corrected chi connectivity index (χ1v) is 6.99. The first-order chi connectivity index (χ1) is 11.0. The molecule has 7 nitrogen and oxygen atoms in total. The summed E-state index contributed by atoms with van der Waals surface area (Å²) in [5, 5.41) is 13.5. The normalized spacial score (nSPS) is 15.8. The largest absolute Gasteiger partial charge is 0.485 e. The number of non-ortho nitro benzene ring substituents is 1. The van der Waals surface area contributed by atoms with E-state index < -0.39 is 16.9 Å². The van der Waals surface area contributed by atoms with Gasteiger partial charge in [0.2, 0.25) is 6.10 Å². The van der Waals surface area contributed by atoms with Crippen LogP contribution in [0.3, 0.4) is 0 Å². The van der Waals surface area contributed by atoms with Crippen LogP contribution < -0.4 is 14.8 Å². The molecular weight excluding hydrogens is 300 g/mol. The molecule has 7 heteroatoms. The number of hydrogen-bond acceptors (Lipinski definition) is 5. The predicted octanol–water partition coefficient (Wildman–Crippen LogP) is 2.68. The third-order valence-electron chi connectivity index (χ3n) is 3.49. The minimum absolute atomic E-state index is 0.0802. The Hall–Kier alpha value is -3.09. The van der Waals surface area contributed by atoms with Gasteiger partial charge in [-0.2, -0.15) is 0 Å². The number of nitro groups is 1. The van der Waals surface area contributed by atoms with E-state index in [1.165, 1.54) is 12.1 Å². The highest BCUT2D eigenvalue weighted by Gasteiger charge is 2.27. The average Bonchev–Trinajstić information content (AvgIpc) is 2.56. The Kier molecular flexibility index (Phi) is 3.84. The molecule has 2 aromatic rings. The number of anilines is 1. The van der Waals surface area contributed by atoms with Crippen molar-refractivity contribution in [3.05, 3.63) is 58.1 Å². The molecule has 3 rings (SSSR count). The second-order valence-corrected chi connectivity index (χ2v) is 5.11. The third-order valence-corrected chi connectivity index (χ3v) is 3.49. The Morgan fingerprint density at radius 1 is 1.26 bits per heavy atom. The molecule has 23 heavy (non-hydrogen) atoms. The quantitative estimate of drug-likeness (QED) is 0.695. The minimum atomic E-state index is -0.816. The Labute approximate surface area is 132 Å². The second-order valence-electron chi connectivity index (χ2n) is 5.11. The standard InChI is InChI=1S/C16H14N2O5/c1-10-6-7-11(18(20)21)8-12(10)17-16(19)15-9-22-13-4-2-3-5-14(13)23-15/h2-8,15H,9H2,1H3,(H,17,19)/t15-/m1/s1. The summed E-state index contributed by atoms with van der Waals surface area (Å²) in [5.74, 6) is 0.667. The molecular formula is C16H14N2O5. The van der Waals surface area contributed by atoms with Crippen LogP contribution in [-0.4, -0.2) is 23.5 Å². The summed E-state index contributed by atoms with van der Waals surface area (Å²) in [6.45, 7) is 1.84. The molecule has 0 fully saturated rings. The van der Waals surface area contributed by atoms with Gasteiger partial charge >= 0.3 is 0 Å². The molecule has 0 saturated carbocycles. The Morgan fingerprint density at radius 3 is 2.74 bits per heavy atom. The van der Waals surface area contributed by atoms with Gasteiger partial charge in [0.25, 0.3) is 11.6 Å². The van der Waals surface area contributed by atoms with Gasteiger partial charge in [0.05, 0.1) is 10.6 Å². The second kappa shape index (κ2) is 5.96. The molecule has 0 spiro atoms. The maximum Gasteiger partial charge on any atom is 0.271 e. The highest BCUT2D eigenvalue weighted by Crippen LogP contribution is 2.31. The number of ether oxygens (including phenoxy) is 2. The van der Waals surface area contributed by atoms with Crippen LogP contribution in [0, 0.1) is 17.0 Å². The van der Waals surface area contributed by atoms with Gasteiger partial charge in [-0.25, -0.2) is 0 Å². The number of rotatable bonds is 3. The highest BCUT2D eigenvalue weighted by molar-refractivity contribution is 5.95. The van der Waals surface area contributed by atoms with E-state index in [1.54, 1.807) is 31.2 Å². The van der Waals surface area contributed by atoms with Crippen molar-refractivity contribution < 1.29 is 19.2 Å². The average molecular weight is 314 g/mol. The number of benzene rings is 2. The zero-order valence-corrected chi connectivity index (χ0v) is 12.3. The summed E-state index contributed by atoms with van der Waals surface area (Å²) in [4.78, 5) is 22.7. The van der Waals surface area contributed by atoms with Crippen molar-refractivity contribution in [1.29, 1.82) is 0 Å². The van der Waals surface area contributed by atoms with Gasteiger partial charge in [0.1, 0.15) is 6.61 Å². The summed E-state index contributed by atoms with van der Waals surface area (Å²) in [6.07, 6.45) is -0.816. The van der Waals surface area contributed by atoms with Crippen LogP contribution in [0.2, 0.25) is 0 Å². The molecule has 118 valence electrons. The fourth-order valence-electron chi connectivity index (χ4n) is 2.22. The van der Waals surface area contributed by atoms with Gasteiger partial charge in [0.15, 0.2) is 11.5 Å². The number of amides is 1. The molecule has 0 aliphatic carbocycles. The number of carbonyl (C=O) groups is 1. The molecule has 0 radical (unpaired) electrons. The van der Waals surface area contributed by atoms with Gasteiger partial charge in [0, 0.05) is 12.1 Å². The maximum atomic E-state index is 12.3. The van der Waals surface area contributed by atoms with Crippen molar-refractivity contribution in [1.82, 2.24) is 0 Å². The molecule has 0 saturated heterocycles. The van der Waals surface area contributed by atoms with Crippen molar-refractivity contribution in [2.75, 3.05) is 11.9 Å². The molecule has 2 aromatic carbocycles. The van der Waals surface area contributed by atoms with E-state index in [4.69, 9.17) is 9.47 Å². The van der Waals surface area contributed by atoms with Gasteiger partial charge in [-0.05, 0) is 24.6 Å². The Balaban J connectivity index is 1.75. The smallest absolute Gasteiger partial charge is 0.271 e. The zero-order valence-electron chi connectivity index (χ0n) is 12.3. The summed E-state index contributed by atoms with van der Waals surface area (Å²) in [7, 11) is 0. The summed E-state index contributed by atoms with van der Waals surface area (Å²) < 4.78 is 11.1. The first-order valence-electron chi connectivity index (χ1n) is 6.99. The molecule has 1 aliphatic heterocycles. The van der Waals surface area contributed by atoms with Crippen molar-refractivity contribution in [3.8, 4) is 11.5 Å². The topological polar surface area (TPSA) is 90.7 Å². The number of nitro benzene ring substituents is 1. The van der Waals surface area contributed by atoms with Gasteiger partial charge < -0.3 is 14.8 Å². The summed E-state index contributed by atoms with van der Waals surface area (Å²) in [5.41, 5.74) is 1.02. The molecule has 1 aliphatic rings. The van der Waals surface area contributed by atoms with E-state index in [9.17, 15) is 14.9 Å². The van der Waals surface area contributed by atoms with Crippen LogP contribution in [0.5, 0.6) is 11.5 Å². The lowest BCUT2D eigenvalue weighted by Crippen LogP contribution is -2.40. The first kappa shape index (κ1) is 14.8. The van der Waals surface area contributed by atoms with E-state index in [1.807, 2.05) is 6.07 Å². The van der Waals surface area contributed by atoms with Gasteiger partial charge in [-0.1, -0.05) is 18.2 Å². The number of fused-ring (bicyclic) bond motifs is 1. The van der Waals surface area contributed by atoms with E-state index >= 15 is 0 Å². The fraction of sp³-hybridized carbons (Fsp3) is 0.188. The lowest BCUT2D eigenvalue weighted by atomic mass is 10.1. The third kappa shape index (κ3) is 3.08. The number of nitrogens with one attached hydrogen (secondary N) is 1. The number of para-hydroxylation sites is 2. The van der Waals surface area contributed by atoms with Crippen molar-refractivity contribution in [2.24, 2.45) is 0 Å². The lowest BCUT2D eigenvalue weighted by Gasteiger charge is -2.25. The highest BCUT2D eigenvalue weighted by atomic mass is 16.6. The number of nitrogens with zero attached hydrogens (tertiary/aromatic N) is 1.